The minimum atomic E-state index is -4.57. The minimum Gasteiger partial charge on any atom is -0.315 e. The van der Waals surface area contributed by atoms with Crippen LogP contribution >= 0.6 is 35.0 Å². The molecule has 27 heavy (non-hydrogen) atoms. The van der Waals surface area contributed by atoms with Crippen molar-refractivity contribution in [3.05, 3.63) is 55.7 Å². The summed E-state index contributed by atoms with van der Waals surface area (Å²) in [6.07, 6.45) is -3.03. The fraction of sp³-hybridized carbons (Fsp3) is 0.176. The summed E-state index contributed by atoms with van der Waals surface area (Å²) in [5, 5.41) is 1.39. The van der Waals surface area contributed by atoms with Gasteiger partial charge in [0.25, 0.3) is 11.1 Å². The van der Waals surface area contributed by atoms with E-state index in [2.05, 4.69) is 5.32 Å². The number of thioether (sulfide) groups is 1. The van der Waals surface area contributed by atoms with Crippen LogP contribution in [0.5, 0.6) is 0 Å². The third-order valence-electron chi connectivity index (χ3n) is 3.97. The highest BCUT2D eigenvalue weighted by Gasteiger charge is 2.32. The van der Waals surface area contributed by atoms with Crippen molar-refractivity contribution in [2.24, 2.45) is 0 Å². The molecule has 2 aromatic rings. The van der Waals surface area contributed by atoms with Crippen molar-refractivity contribution in [3.63, 3.8) is 0 Å². The van der Waals surface area contributed by atoms with Crippen LogP contribution < -0.4 is 5.32 Å². The predicted octanol–water partition coefficient (Wildman–Crippen LogP) is 5.74. The molecule has 1 aromatic heterocycles. The molecule has 4 nitrogen and oxygen atoms in total. The van der Waals surface area contributed by atoms with Gasteiger partial charge in [-0.2, -0.15) is 13.2 Å². The number of hydrogen-bond donors (Lipinski definition) is 1. The molecule has 0 spiro atoms. The molecule has 2 heterocycles. The zero-order chi connectivity index (χ0) is 20.1. The maximum absolute atomic E-state index is 12.9. The fourth-order valence-corrected chi connectivity index (χ4v) is 4.11. The maximum Gasteiger partial charge on any atom is 0.416 e. The monoisotopic (exact) mass is 434 g/mol. The first-order valence-corrected chi connectivity index (χ1v) is 9.06. The summed E-state index contributed by atoms with van der Waals surface area (Å²) in [5.41, 5.74) is 1.15. The van der Waals surface area contributed by atoms with E-state index in [0.29, 0.717) is 17.0 Å². The molecule has 0 radical (unpaired) electrons. The van der Waals surface area contributed by atoms with Crippen LogP contribution in [0.4, 0.5) is 18.0 Å². The lowest BCUT2D eigenvalue weighted by atomic mass is 10.2. The maximum atomic E-state index is 12.9. The number of amides is 2. The van der Waals surface area contributed by atoms with Gasteiger partial charge in [-0.05, 0) is 55.4 Å². The van der Waals surface area contributed by atoms with Gasteiger partial charge < -0.3 is 4.57 Å². The molecule has 0 bridgehead atoms. The van der Waals surface area contributed by atoms with Crippen LogP contribution in [-0.4, -0.2) is 15.7 Å². The van der Waals surface area contributed by atoms with Crippen LogP contribution in [0.25, 0.3) is 11.8 Å². The Labute approximate surface area is 166 Å². The smallest absolute Gasteiger partial charge is 0.315 e. The number of aryl methyl sites for hydroxylation is 1. The lowest BCUT2D eigenvalue weighted by Crippen LogP contribution is -2.17. The molecule has 3 rings (SSSR count). The Balaban J connectivity index is 2.12. The van der Waals surface area contributed by atoms with Gasteiger partial charge in [-0.15, -0.1) is 0 Å². The van der Waals surface area contributed by atoms with Crippen LogP contribution in [0.2, 0.25) is 10.0 Å². The quantitative estimate of drug-likeness (QED) is 0.612. The molecule has 142 valence electrons. The fourth-order valence-electron chi connectivity index (χ4n) is 2.78. The highest BCUT2D eigenvalue weighted by atomic mass is 35.5. The van der Waals surface area contributed by atoms with Gasteiger partial charge in [0.15, 0.2) is 0 Å². The number of nitrogens with zero attached hydrogens (tertiary/aromatic N) is 1. The topological polar surface area (TPSA) is 51.1 Å². The van der Waals surface area contributed by atoms with E-state index in [0.717, 1.165) is 23.9 Å². The van der Waals surface area contributed by atoms with Gasteiger partial charge >= 0.3 is 6.18 Å². The first kappa shape index (κ1) is 19.9. The summed E-state index contributed by atoms with van der Waals surface area (Å²) >= 11 is 13.0. The van der Waals surface area contributed by atoms with E-state index >= 15 is 0 Å². The zero-order valence-corrected chi connectivity index (χ0v) is 16.2. The average molecular weight is 435 g/mol. The second-order valence-electron chi connectivity index (χ2n) is 5.80. The van der Waals surface area contributed by atoms with Crippen molar-refractivity contribution in [1.29, 1.82) is 0 Å². The van der Waals surface area contributed by atoms with Crippen molar-refractivity contribution in [2.75, 3.05) is 0 Å². The molecule has 1 N–H and O–H groups in total. The van der Waals surface area contributed by atoms with E-state index < -0.39 is 22.9 Å². The largest absolute Gasteiger partial charge is 0.416 e. The Morgan fingerprint density at radius 3 is 2.19 bits per heavy atom. The summed E-state index contributed by atoms with van der Waals surface area (Å²) in [7, 11) is 0. The normalized spacial score (nSPS) is 16.3. The van der Waals surface area contributed by atoms with Gasteiger partial charge in [0.2, 0.25) is 0 Å². The molecule has 1 fully saturated rings. The highest BCUT2D eigenvalue weighted by molar-refractivity contribution is 8.18. The highest BCUT2D eigenvalue weighted by Crippen LogP contribution is 2.39. The van der Waals surface area contributed by atoms with Crippen LogP contribution in [-0.2, 0) is 11.0 Å². The van der Waals surface area contributed by atoms with Gasteiger partial charge in [-0.25, -0.2) is 0 Å². The third-order valence-corrected chi connectivity index (χ3v) is 5.35. The van der Waals surface area contributed by atoms with E-state index in [4.69, 9.17) is 23.2 Å². The Kier molecular flexibility index (Phi) is 5.09. The van der Waals surface area contributed by atoms with Gasteiger partial charge in [-0.3, -0.25) is 14.9 Å². The number of benzene rings is 1. The molecule has 0 saturated carbocycles. The summed E-state index contributed by atoms with van der Waals surface area (Å²) in [6.45, 7) is 3.44. The molecule has 0 atom stereocenters. The molecule has 1 aliphatic heterocycles. The number of carbonyl (C=O) groups is 2. The molecule has 1 saturated heterocycles. The second kappa shape index (κ2) is 6.92. The van der Waals surface area contributed by atoms with Crippen molar-refractivity contribution in [2.45, 2.75) is 20.0 Å². The number of nitrogens with one attached hydrogen (secondary N) is 1. The number of carbonyl (C=O) groups excluding carboxylic acids is 2. The lowest BCUT2D eigenvalue weighted by Gasteiger charge is -2.16. The number of halogens is 5. The standard InChI is InChI=1S/C17H11Cl2F3N2O2S/c1-7-3-9(4-13-15(25)23-16(26)27-13)8(2)24(7)14-11(18)5-10(6-12(14)19)17(20,21)22/h3-6H,1-2H3,(H,23,25,26)/b13-4+. The molecule has 10 heteroatoms. The van der Waals surface area contributed by atoms with E-state index in [1.54, 1.807) is 24.5 Å². The summed E-state index contributed by atoms with van der Waals surface area (Å²) in [6, 6.07) is 3.36. The molecule has 1 aliphatic rings. The van der Waals surface area contributed by atoms with Gasteiger partial charge in [0.1, 0.15) is 0 Å². The van der Waals surface area contributed by atoms with Crippen molar-refractivity contribution < 1.29 is 22.8 Å². The summed E-state index contributed by atoms with van der Waals surface area (Å²) in [5.74, 6) is -0.500. The van der Waals surface area contributed by atoms with Crippen molar-refractivity contribution in [1.82, 2.24) is 9.88 Å². The number of alkyl halides is 3. The average Bonchev–Trinajstić information content (AvgIpc) is 2.98. The first-order chi connectivity index (χ1) is 12.5. The van der Waals surface area contributed by atoms with Crippen molar-refractivity contribution in [3.8, 4) is 5.69 Å². The van der Waals surface area contributed by atoms with Gasteiger partial charge in [-0.1, -0.05) is 23.2 Å². The van der Waals surface area contributed by atoms with Crippen LogP contribution in [0, 0.1) is 13.8 Å². The van der Waals surface area contributed by atoms with Gasteiger partial charge in [0.05, 0.1) is 26.2 Å². The predicted molar refractivity (Wildman–Crippen MR) is 99.4 cm³/mol. The number of rotatable bonds is 2. The molecular weight excluding hydrogens is 424 g/mol. The van der Waals surface area contributed by atoms with E-state index in [1.807, 2.05) is 0 Å². The molecule has 2 amide bonds. The van der Waals surface area contributed by atoms with Crippen molar-refractivity contribution >= 4 is 52.2 Å². The van der Waals surface area contributed by atoms with E-state index in [-0.39, 0.29) is 20.6 Å². The molecule has 1 aromatic carbocycles. The van der Waals surface area contributed by atoms with E-state index in [1.165, 1.54) is 6.08 Å². The van der Waals surface area contributed by atoms with Crippen LogP contribution in [0.3, 0.4) is 0 Å². The zero-order valence-electron chi connectivity index (χ0n) is 13.9. The van der Waals surface area contributed by atoms with Gasteiger partial charge in [0, 0.05) is 11.4 Å². The molecule has 0 aliphatic carbocycles. The first-order valence-electron chi connectivity index (χ1n) is 7.49. The SMILES string of the molecule is Cc1cc(/C=C2/SC(=O)NC2=O)c(C)n1-c1c(Cl)cc(C(F)(F)F)cc1Cl. The Morgan fingerprint density at radius 1 is 1.11 bits per heavy atom. The number of aromatic nitrogens is 1. The Bertz CT molecular complexity index is 989. The Hall–Kier alpha value is -1.90. The van der Waals surface area contributed by atoms with E-state index in [9.17, 15) is 22.8 Å². The number of hydrogen-bond acceptors (Lipinski definition) is 3. The lowest BCUT2D eigenvalue weighted by molar-refractivity contribution is -0.137. The minimum absolute atomic E-state index is 0.154. The summed E-state index contributed by atoms with van der Waals surface area (Å²) < 4.78 is 40.4. The number of imide groups is 1. The third kappa shape index (κ3) is 3.74. The Morgan fingerprint density at radius 2 is 1.70 bits per heavy atom. The van der Waals surface area contributed by atoms with Crippen LogP contribution in [0.1, 0.15) is 22.5 Å². The summed E-state index contributed by atoms with van der Waals surface area (Å²) in [4.78, 5) is 23.2. The van der Waals surface area contributed by atoms with Crippen LogP contribution in [0.15, 0.2) is 23.1 Å². The second-order valence-corrected chi connectivity index (χ2v) is 7.63. The molecule has 0 unspecified atom stereocenters. The molecular formula is C17H11Cl2F3N2O2S.